The molecule has 0 fully saturated rings. The van der Waals surface area contributed by atoms with Crippen LogP contribution in [0.2, 0.25) is 0 Å². The van der Waals surface area contributed by atoms with Crippen molar-refractivity contribution < 1.29 is 19.4 Å². The highest BCUT2D eigenvalue weighted by atomic mass is 31.2. The van der Waals surface area contributed by atoms with Gasteiger partial charge in [-0.3, -0.25) is 14.3 Å². The van der Waals surface area contributed by atoms with Gasteiger partial charge in [-0.25, -0.2) is 0 Å². The van der Waals surface area contributed by atoms with Crippen molar-refractivity contribution in [3.05, 3.63) is 66.0 Å². The number of nitrogens with zero attached hydrogens (tertiary/aromatic N) is 1. The monoisotopic (exact) mass is 305 g/mol. The third-order valence-corrected chi connectivity index (χ3v) is 6.15. The summed E-state index contributed by atoms with van der Waals surface area (Å²) in [5.74, 6) is -1.32. The van der Waals surface area contributed by atoms with Crippen LogP contribution < -0.4 is 0 Å². The van der Waals surface area contributed by atoms with Crippen molar-refractivity contribution >= 4 is 13.3 Å². The van der Waals surface area contributed by atoms with E-state index in [9.17, 15) is 19.4 Å². The van der Waals surface area contributed by atoms with Crippen molar-refractivity contribution in [1.29, 1.82) is 0 Å². The second kappa shape index (κ2) is 5.80. The van der Waals surface area contributed by atoms with Gasteiger partial charge < -0.3 is 10.00 Å². The van der Waals surface area contributed by atoms with E-state index in [1.54, 1.807) is 48.5 Å². The molecule has 6 heteroatoms. The molecule has 5 nitrogen and oxygen atoms in total. The van der Waals surface area contributed by atoms with Crippen LogP contribution in [-0.2, 0) is 20.7 Å². The number of aromatic nitrogens is 1. The lowest BCUT2D eigenvalue weighted by atomic mass is 10.0. The van der Waals surface area contributed by atoms with Crippen LogP contribution in [0.5, 0.6) is 0 Å². The number of carboxylic acids is 1. The second-order valence-electron chi connectivity index (χ2n) is 4.92. The quantitative estimate of drug-likeness (QED) is 0.829. The van der Waals surface area contributed by atoms with E-state index >= 15 is 0 Å². The number of rotatable bonds is 5. The molecule has 0 aliphatic heterocycles. The van der Waals surface area contributed by atoms with Crippen LogP contribution >= 0.6 is 7.37 Å². The molecule has 0 aliphatic rings. The molecule has 1 aromatic carbocycles. The van der Waals surface area contributed by atoms with E-state index in [1.807, 2.05) is 0 Å². The zero-order valence-corrected chi connectivity index (χ0v) is 12.4. The maximum atomic E-state index is 12.8. The third-order valence-electron chi connectivity index (χ3n) is 3.55. The van der Waals surface area contributed by atoms with Crippen molar-refractivity contribution in [3.63, 3.8) is 0 Å². The number of hydrogen-bond donors (Lipinski definition) is 2. The summed E-state index contributed by atoms with van der Waals surface area (Å²) in [6.07, 6.45) is 1.22. The Labute approximate surface area is 122 Å². The maximum Gasteiger partial charge on any atom is 0.323 e. The van der Waals surface area contributed by atoms with Crippen molar-refractivity contribution in [2.75, 3.05) is 0 Å². The topological polar surface area (TPSA) is 87.5 Å². The first-order valence-corrected chi connectivity index (χ1v) is 8.23. The average Bonchev–Trinajstić information content (AvgIpc) is 2.47. The van der Waals surface area contributed by atoms with Gasteiger partial charge in [0, 0.05) is 11.9 Å². The van der Waals surface area contributed by atoms with Crippen LogP contribution in [0.4, 0.5) is 0 Å². The van der Waals surface area contributed by atoms with E-state index < -0.39 is 18.5 Å². The second-order valence-corrected chi connectivity index (χ2v) is 7.54. The van der Waals surface area contributed by atoms with Crippen LogP contribution in [0.25, 0.3) is 0 Å². The first-order valence-electron chi connectivity index (χ1n) is 6.38. The van der Waals surface area contributed by atoms with Gasteiger partial charge in [-0.05, 0) is 24.6 Å². The minimum atomic E-state index is -4.08. The molecule has 0 amide bonds. The molecule has 110 valence electrons. The van der Waals surface area contributed by atoms with Gasteiger partial charge >= 0.3 is 5.97 Å². The minimum absolute atomic E-state index is 0.286. The molecule has 2 N–H and O–H groups in total. The van der Waals surface area contributed by atoms with Gasteiger partial charge in [0.25, 0.3) is 0 Å². The van der Waals surface area contributed by atoms with Gasteiger partial charge in [0.15, 0.2) is 5.16 Å². The van der Waals surface area contributed by atoms with Gasteiger partial charge in [0.2, 0.25) is 7.37 Å². The fourth-order valence-corrected chi connectivity index (χ4v) is 3.90. The summed E-state index contributed by atoms with van der Waals surface area (Å²) in [6, 6.07) is 13.1. The Morgan fingerprint density at radius 2 is 1.81 bits per heavy atom. The molecule has 1 aromatic heterocycles. The van der Waals surface area contributed by atoms with E-state index in [-0.39, 0.29) is 6.16 Å². The smallest absolute Gasteiger partial charge is 0.323 e. The van der Waals surface area contributed by atoms with Crippen LogP contribution in [0.1, 0.15) is 18.2 Å². The van der Waals surface area contributed by atoms with Gasteiger partial charge in [-0.15, -0.1) is 0 Å². The van der Waals surface area contributed by atoms with Crippen molar-refractivity contribution in [1.82, 2.24) is 4.98 Å². The lowest BCUT2D eigenvalue weighted by Crippen LogP contribution is -2.33. The molecule has 0 saturated heterocycles. The highest BCUT2D eigenvalue weighted by Crippen LogP contribution is 2.62. The van der Waals surface area contributed by atoms with E-state index in [1.165, 1.54) is 13.1 Å². The molecule has 2 rings (SSSR count). The first kappa shape index (κ1) is 15.4. The summed E-state index contributed by atoms with van der Waals surface area (Å²) in [6.45, 7) is 1.29. The summed E-state index contributed by atoms with van der Waals surface area (Å²) in [7, 11) is -4.08. The molecule has 0 spiro atoms. The molecular formula is C15H16NO4P. The molecule has 0 aliphatic carbocycles. The molecule has 0 bridgehead atoms. The fraction of sp³-hybridized carbons (Fsp3) is 0.200. The van der Waals surface area contributed by atoms with Gasteiger partial charge in [0.05, 0.1) is 6.16 Å². The van der Waals surface area contributed by atoms with Crippen LogP contribution in [0, 0.1) is 0 Å². The summed E-state index contributed by atoms with van der Waals surface area (Å²) < 4.78 is 12.8. The SMILES string of the molecule is CC(C(=O)O)(c1ccccc1)P(=O)(O)Cc1ccccn1. The molecule has 0 radical (unpaired) electrons. The predicted octanol–water partition coefficient (Wildman–Crippen LogP) is 2.85. The Bertz CT molecular complexity index is 675. The normalized spacial score (nSPS) is 16.7. The summed E-state index contributed by atoms with van der Waals surface area (Å²) in [5, 5.41) is 7.68. The van der Waals surface area contributed by atoms with Crippen molar-refractivity contribution in [3.8, 4) is 0 Å². The zero-order chi connectivity index (χ0) is 15.5. The number of carboxylic acid groups (broad SMARTS) is 1. The molecule has 21 heavy (non-hydrogen) atoms. The Balaban J connectivity index is 2.47. The Kier molecular flexibility index (Phi) is 4.26. The highest BCUT2D eigenvalue weighted by Gasteiger charge is 2.51. The van der Waals surface area contributed by atoms with E-state index in [2.05, 4.69) is 4.98 Å². The predicted molar refractivity (Wildman–Crippen MR) is 79.2 cm³/mol. The van der Waals surface area contributed by atoms with Gasteiger partial charge in [-0.1, -0.05) is 36.4 Å². The average molecular weight is 305 g/mol. The van der Waals surface area contributed by atoms with Crippen molar-refractivity contribution in [2.45, 2.75) is 18.2 Å². The highest BCUT2D eigenvalue weighted by molar-refractivity contribution is 7.59. The van der Waals surface area contributed by atoms with Gasteiger partial charge in [-0.2, -0.15) is 0 Å². The van der Waals surface area contributed by atoms with Crippen LogP contribution in [0.3, 0.4) is 0 Å². The molecular weight excluding hydrogens is 289 g/mol. The van der Waals surface area contributed by atoms with Crippen molar-refractivity contribution in [2.24, 2.45) is 0 Å². The number of carbonyl (C=O) groups is 1. The Hall–Kier alpha value is -1.97. The number of benzene rings is 1. The van der Waals surface area contributed by atoms with Crippen LogP contribution in [-0.4, -0.2) is 21.0 Å². The molecule has 1 heterocycles. The summed E-state index contributed by atoms with van der Waals surface area (Å²) in [5.41, 5.74) is 0.700. The number of pyridine rings is 1. The van der Waals surface area contributed by atoms with Gasteiger partial charge in [0.1, 0.15) is 0 Å². The lowest BCUT2D eigenvalue weighted by Gasteiger charge is -2.30. The van der Waals surface area contributed by atoms with Crippen LogP contribution in [0.15, 0.2) is 54.7 Å². The Morgan fingerprint density at radius 3 is 2.33 bits per heavy atom. The standard InChI is InChI=1S/C15H16NO4P/c1-15(14(17)18,12-7-3-2-4-8-12)21(19,20)11-13-9-5-6-10-16-13/h2-10H,11H2,1H3,(H,17,18)(H,19,20). The molecule has 2 atom stereocenters. The number of aliphatic carboxylic acids is 1. The zero-order valence-electron chi connectivity index (χ0n) is 11.5. The first-order chi connectivity index (χ1) is 9.88. The largest absolute Gasteiger partial charge is 0.480 e. The minimum Gasteiger partial charge on any atom is -0.480 e. The fourth-order valence-electron chi connectivity index (χ4n) is 2.11. The maximum absolute atomic E-state index is 12.8. The molecule has 2 unspecified atom stereocenters. The summed E-state index contributed by atoms with van der Waals surface area (Å²) in [4.78, 5) is 26.2. The number of hydrogen-bond acceptors (Lipinski definition) is 3. The molecule has 0 saturated carbocycles. The van der Waals surface area contributed by atoms with E-state index in [0.29, 0.717) is 11.3 Å². The van der Waals surface area contributed by atoms with E-state index in [0.717, 1.165) is 0 Å². The summed E-state index contributed by atoms with van der Waals surface area (Å²) >= 11 is 0. The Morgan fingerprint density at radius 1 is 1.19 bits per heavy atom. The lowest BCUT2D eigenvalue weighted by molar-refractivity contribution is -0.140. The third kappa shape index (κ3) is 2.89. The molecule has 2 aromatic rings. The van der Waals surface area contributed by atoms with E-state index in [4.69, 9.17) is 0 Å².